The lowest BCUT2D eigenvalue weighted by Gasteiger charge is -2.17. The van der Waals surface area contributed by atoms with Crippen LogP contribution in [0.3, 0.4) is 0 Å². The van der Waals surface area contributed by atoms with E-state index in [1.807, 2.05) is 72.8 Å². The van der Waals surface area contributed by atoms with E-state index >= 15 is 0 Å². The second-order valence-corrected chi connectivity index (χ2v) is 8.84. The highest BCUT2D eigenvalue weighted by Crippen LogP contribution is 2.45. The molecule has 6 aromatic carbocycles. The van der Waals surface area contributed by atoms with Crippen LogP contribution in [0.25, 0.3) is 21.5 Å². The van der Waals surface area contributed by atoms with Crippen molar-refractivity contribution in [1.82, 2.24) is 0 Å². The number of para-hydroxylation sites is 1. The van der Waals surface area contributed by atoms with Gasteiger partial charge in [0.15, 0.2) is 0 Å². The molecule has 6 aromatic rings. The summed E-state index contributed by atoms with van der Waals surface area (Å²) in [6.07, 6.45) is 0. The van der Waals surface area contributed by atoms with Crippen LogP contribution in [0.4, 0.5) is 0 Å². The molecule has 5 nitrogen and oxygen atoms in total. The number of carbonyl (C=O) groups excluding carboxylic acids is 2. The Bertz CT molecular complexity index is 1800. The van der Waals surface area contributed by atoms with Crippen molar-refractivity contribution in [2.45, 2.75) is 0 Å². The molecule has 0 aliphatic rings. The highest BCUT2D eigenvalue weighted by Gasteiger charge is 2.22. The average Bonchev–Trinajstić information content (AvgIpc) is 3.00. The molecule has 0 spiro atoms. The Morgan fingerprint density at radius 3 is 1.38 bits per heavy atom. The summed E-state index contributed by atoms with van der Waals surface area (Å²) in [6, 6.07) is 39.8. The summed E-state index contributed by atoms with van der Waals surface area (Å²) in [7, 11) is 0. The van der Waals surface area contributed by atoms with E-state index in [0.717, 1.165) is 0 Å². The molecule has 5 heteroatoms. The molecule has 6 rings (SSSR count). The van der Waals surface area contributed by atoms with E-state index in [1.165, 1.54) is 0 Å². The van der Waals surface area contributed by atoms with Crippen LogP contribution in [0.5, 0.6) is 23.0 Å². The van der Waals surface area contributed by atoms with Crippen molar-refractivity contribution in [2.24, 2.45) is 0 Å². The number of fused-ring (bicyclic) bond motifs is 2. The van der Waals surface area contributed by atoms with Gasteiger partial charge >= 0.3 is 11.9 Å². The van der Waals surface area contributed by atoms with Crippen LogP contribution in [0, 0.1) is 0 Å². The summed E-state index contributed by atoms with van der Waals surface area (Å²) in [4.78, 5) is 26.3. The second-order valence-electron chi connectivity index (χ2n) is 8.84. The van der Waals surface area contributed by atoms with Gasteiger partial charge in [-0.1, -0.05) is 78.9 Å². The maximum absolute atomic E-state index is 13.2. The molecule has 0 radical (unpaired) electrons. The van der Waals surface area contributed by atoms with Gasteiger partial charge in [0.2, 0.25) is 0 Å². The van der Waals surface area contributed by atoms with Crippen LogP contribution in [0.2, 0.25) is 0 Å². The predicted molar refractivity (Wildman–Crippen MR) is 151 cm³/mol. The molecule has 39 heavy (non-hydrogen) atoms. The lowest BCUT2D eigenvalue weighted by molar-refractivity contribution is 0.0726. The van der Waals surface area contributed by atoms with Crippen molar-refractivity contribution < 1.29 is 23.8 Å². The van der Waals surface area contributed by atoms with Gasteiger partial charge in [0.25, 0.3) is 0 Å². The normalized spacial score (nSPS) is 10.8. The first-order chi connectivity index (χ1) is 19.2. The van der Waals surface area contributed by atoms with Crippen LogP contribution in [0.15, 0.2) is 133 Å². The van der Waals surface area contributed by atoms with Crippen LogP contribution in [-0.4, -0.2) is 11.9 Å². The zero-order chi connectivity index (χ0) is 26.6. The van der Waals surface area contributed by atoms with Crippen molar-refractivity contribution >= 4 is 33.5 Å². The minimum atomic E-state index is -0.495. The van der Waals surface area contributed by atoms with Crippen LogP contribution >= 0.6 is 0 Å². The topological polar surface area (TPSA) is 61.8 Å². The summed E-state index contributed by atoms with van der Waals surface area (Å²) in [5, 5.41) is 2.44. The number of benzene rings is 6. The van der Waals surface area contributed by atoms with Crippen molar-refractivity contribution in [2.75, 3.05) is 0 Å². The summed E-state index contributed by atoms with van der Waals surface area (Å²) in [5.74, 6) is 0.955. The SMILES string of the molecule is O=C(Oc1c2ccccc2c(OC(=O)c2ccccc2)c2cc(Oc3ccccc3)ccc12)c1ccccc1. The molecule has 0 aliphatic carbocycles. The molecule has 0 aromatic heterocycles. The number of ether oxygens (including phenoxy) is 3. The molecule has 0 fully saturated rings. The fourth-order valence-electron chi connectivity index (χ4n) is 4.44. The van der Waals surface area contributed by atoms with E-state index in [1.54, 1.807) is 60.7 Å². The Balaban J connectivity index is 1.54. The monoisotopic (exact) mass is 510 g/mol. The van der Waals surface area contributed by atoms with Gasteiger partial charge in [-0.25, -0.2) is 9.59 Å². The Hall–Kier alpha value is -5.42. The van der Waals surface area contributed by atoms with Gasteiger partial charge in [0.05, 0.1) is 11.1 Å². The van der Waals surface area contributed by atoms with Gasteiger partial charge < -0.3 is 14.2 Å². The fraction of sp³-hybridized carbons (Fsp3) is 0. The molecule has 0 saturated carbocycles. The molecule has 0 N–H and O–H groups in total. The minimum Gasteiger partial charge on any atom is -0.457 e. The van der Waals surface area contributed by atoms with Gasteiger partial charge in [-0.3, -0.25) is 0 Å². The maximum atomic E-state index is 13.2. The first-order valence-corrected chi connectivity index (χ1v) is 12.4. The number of hydrogen-bond donors (Lipinski definition) is 0. The van der Waals surface area contributed by atoms with Crippen molar-refractivity contribution in [3.63, 3.8) is 0 Å². The smallest absolute Gasteiger partial charge is 0.343 e. The maximum Gasteiger partial charge on any atom is 0.343 e. The molecular formula is C34H22O5. The number of carbonyl (C=O) groups is 2. The van der Waals surface area contributed by atoms with E-state index in [0.29, 0.717) is 55.7 Å². The Morgan fingerprint density at radius 2 is 0.846 bits per heavy atom. The Morgan fingerprint density at radius 1 is 0.410 bits per heavy atom. The molecule has 0 atom stereocenters. The first kappa shape index (κ1) is 23.9. The zero-order valence-electron chi connectivity index (χ0n) is 20.7. The predicted octanol–water partition coefficient (Wildman–Crippen LogP) is 8.22. The quantitative estimate of drug-likeness (QED) is 0.128. The Labute approximate surface area is 224 Å². The van der Waals surface area contributed by atoms with E-state index < -0.39 is 11.9 Å². The molecule has 0 aliphatic heterocycles. The van der Waals surface area contributed by atoms with Crippen molar-refractivity contribution in [3.8, 4) is 23.0 Å². The van der Waals surface area contributed by atoms with E-state index in [-0.39, 0.29) is 0 Å². The van der Waals surface area contributed by atoms with Crippen molar-refractivity contribution in [1.29, 1.82) is 0 Å². The molecule has 0 amide bonds. The first-order valence-electron chi connectivity index (χ1n) is 12.4. The standard InChI is InChI=1S/C34H22O5/c35-33(23-12-4-1-5-13-23)38-31-27-18-10-11-19-28(27)32(39-34(36)24-14-6-2-7-15-24)30-22-26(20-21-29(30)31)37-25-16-8-3-9-17-25/h1-22H. The molecule has 0 unspecified atom stereocenters. The largest absolute Gasteiger partial charge is 0.457 e. The van der Waals surface area contributed by atoms with Crippen LogP contribution in [0.1, 0.15) is 20.7 Å². The number of rotatable bonds is 6. The van der Waals surface area contributed by atoms with Crippen LogP contribution < -0.4 is 14.2 Å². The highest BCUT2D eigenvalue weighted by atomic mass is 16.5. The van der Waals surface area contributed by atoms with Crippen LogP contribution in [-0.2, 0) is 0 Å². The molecular weight excluding hydrogens is 488 g/mol. The lowest BCUT2D eigenvalue weighted by Crippen LogP contribution is -2.11. The zero-order valence-corrected chi connectivity index (χ0v) is 20.7. The third-order valence-corrected chi connectivity index (χ3v) is 6.28. The van der Waals surface area contributed by atoms with Gasteiger partial charge in [-0.05, 0) is 54.6 Å². The minimum absolute atomic E-state index is 0.354. The van der Waals surface area contributed by atoms with Gasteiger partial charge in [-0.15, -0.1) is 0 Å². The van der Waals surface area contributed by atoms with Gasteiger partial charge in [0, 0.05) is 21.5 Å². The second kappa shape index (κ2) is 10.5. The van der Waals surface area contributed by atoms with E-state index in [2.05, 4.69) is 0 Å². The summed E-state index contributed by atoms with van der Waals surface area (Å²) >= 11 is 0. The van der Waals surface area contributed by atoms with Gasteiger partial charge in [-0.2, -0.15) is 0 Å². The Kier molecular flexibility index (Phi) is 6.46. The summed E-state index contributed by atoms with van der Waals surface area (Å²) in [6.45, 7) is 0. The number of esters is 2. The summed E-state index contributed by atoms with van der Waals surface area (Å²) < 4.78 is 18.1. The average molecular weight is 511 g/mol. The van der Waals surface area contributed by atoms with E-state index in [9.17, 15) is 9.59 Å². The fourth-order valence-corrected chi connectivity index (χ4v) is 4.44. The van der Waals surface area contributed by atoms with Gasteiger partial charge in [0.1, 0.15) is 23.0 Å². The molecule has 0 heterocycles. The van der Waals surface area contributed by atoms with Crippen molar-refractivity contribution in [3.05, 3.63) is 145 Å². The molecule has 188 valence electrons. The third kappa shape index (κ3) is 4.93. The molecule has 0 saturated heterocycles. The highest BCUT2D eigenvalue weighted by molar-refractivity contribution is 6.14. The summed E-state index contributed by atoms with van der Waals surface area (Å²) in [5.41, 5.74) is 0.851. The number of hydrogen-bond acceptors (Lipinski definition) is 5. The van der Waals surface area contributed by atoms with E-state index in [4.69, 9.17) is 14.2 Å². The molecule has 0 bridgehead atoms. The third-order valence-electron chi connectivity index (χ3n) is 6.28. The lowest BCUT2D eigenvalue weighted by atomic mass is 10.00.